The molecule has 0 aromatic rings. The van der Waals surface area contributed by atoms with Gasteiger partial charge in [0.05, 0.1) is 0 Å². The molecule has 0 aromatic carbocycles. The summed E-state index contributed by atoms with van der Waals surface area (Å²) in [6, 6.07) is -0.672. The van der Waals surface area contributed by atoms with Gasteiger partial charge in [0.15, 0.2) is 0 Å². The number of carbonyl (C=O) groups excluding carboxylic acids is 1. The monoisotopic (exact) mass is 246 g/mol. The van der Waals surface area contributed by atoms with E-state index < -0.39 is 24.0 Å². The Labute approximate surface area is 88.4 Å². The van der Waals surface area contributed by atoms with Crippen LogP contribution in [0.3, 0.4) is 0 Å². The second-order valence-electron chi connectivity index (χ2n) is 3.59. The van der Waals surface area contributed by atoms with Crippen molar-refractivity contribution in [2.24, 2.45) is 0 Å². The van der Waals surface area contributed by atoms with Crippen molar-refractivity contribution in [2.45, 2.75) is 31.0 Å². The lowest BCUT2D eigenvalue weighted by molar-refractivity contribution is -0.270. The maximum Gasteiger partial charge on any atom is 0.463 e. The summed E-state index contributed by atoms with van der Waals surface area (Å²) in [5, 5.41) is 4.48. The van der Waals surface area contributed by atoms with Crippen LogP contribution in [0.1, 0.15) is 12.8 Å². The van der Waals surface area contributed by atoms with Crippen LogP contribution in [0.25, 0.3) is 0 Å². The lowest BCUT2D eigenvalue weighted by atomic mass is 10.1. The van der Waals surface area contributed by atoms with E-state index in [-0.39, 0.29) is 6.54 Å². The minimum absolute atomic E-state index is 0.208. The predicted octanol–water partition coefficient (Wildman–Crippen LogP) is 1.05. The molecule has 0 aromatic heterocycles. The zero-order valence-corrected chi connectivity index (χ0v) is 8.20. The van der Waals surface area contributed by atoms with E-state index in [0.717, 1.165) is 0 Å². The number of alkyl halides is 5. The van der Waals surface area contributed by atoms with E-state index in [2.05, 4.69) is 5.32 Å². The van der Waals surface area contributed by atoms with Crippen molar-refractivity contribution in [3.8, 4) is 0 Å². The minimum Gasteiger partial charge on any atom is -0.347 e. The molecule has 0 bridgehead atoms. The van der Waals surface area contributed by atoms with E-state index in [1.165, 1.54) is 0 Å². The number of amides is 1. The van der Waals surface area contributed by atoms with Crippen molar-refractivity contribution in [3.05, 3.63) is 0 Å². The fraction of sp³-hybridized carbons (Fsp3) is 0.875. The van der Waals surface area contributed by atoms with Crippen LogP contribution in [0.2, 0.25) is 0 Å². The fourth-order valence-corrected chi connectivity index (χ4v) is 1.38. The molecule has 0 spiro atoms. The number of piperidine rings is 1. The molecule has 1 aliphatic heterocycles. The van der Waals surface area contributed by atoms with E-state index >= 15 is 0 Å². The third-order valence-corrected chi connectivity index (χ3v) is 2.27. The van der Waals surface area contributed by atoms with Gasteiger partial charge in [-0.3, -0.25) is 4.79 Å². The summed E-state index contributed by atoms with van der Waals surface area (Å²) < 4.78 is 60.5. The Morgan fingerprint density at radius 2 is 1.88 bits per heavy atom. The highest BCUT2D eigenvalue weighted by molar-refractivity contribution is 5.84. The van der Waals surface area contributed by atoms with Gasteiger partial charge in [-0.1, -0.05) is 0 Å². The fourth-order valence-electron chi connectivity index (χ4n) is 1.38. The maximum atomic E-state index is 12.5. The first-order chi connectivity index (χ1) is 7.25. The number of hydrogen-bond donors (Lipinski definition) is 2. The van der Waals surface area contributed by atoms with Crippen LogP contribution in [-0.2, 0) is 4.79 Å². The smallest absolute Gasteiger partial charge is 0.347 e. The van der Waals surface area contributed by atoms with Gasteiger partial charge in [-0.15, -0.1) is 0 Å². The van der Waals surface area contributed by atoms with E-state index in [4.69, 9.17) is 0 Å². The van der Waals surface area contributed by atoms with Gasteiger partial charge < -0.3 is 10.6 Å². The van der Waals surface area contributed by atoms with Gasteiger partial charge in [-0.05, 0) is 19.4 Å². The third kappa shape index (κ3) is 2.81. The largest absolute Gasteiger partial charge is 0.463 e. The average Bonchev–Trinajstić information content (AvgIpc) is 2.17. The Hall–Kier alpha value is -0.920. The molecule has 94 valence electrons. The summed E-state index contributed by atoms with van der Waals surface area (Å²) in [6.45, 7) is 0.877. The van der Waals surface area contributed by atoms with Crippen LogP contribution in [-0.4, -0.2) is 37.1 Å². The molecule has 16 heavy (non-hydrogen) atoms. The number of carbonyl (C=O) groups is 1. The highest BCUT2D eigenvalue weighted by atomic mass is 19.4. The quantitative estimate of drug-likeness (QED) is 0.715. The molecule has 1 fully saturated rings. The Bertz CT molecular complexity index is 260. The van der Waals surface area contributed by atoms with Gasteiger partial charge in [0, 0.05) is 12.6 Å². The standard InChI is InChI=1S/C8H11F5N2O/c9-7(10,8(11,12)13)6(16)15-5-2-1-3-14-4-5/h5,14H,1-4H2,(H,15,16). The zero-order chi connectivity index (χ0) is 12.4. The zero-order valence-electron chi connectivity index (χ0n) is 8.20. The van der Waals surface area contributed by atoms with Gasteiger partial charge >= 0.3 is 18.0 Å². The van der Waals surface area contributed by atoms with Gasteiger partial charge in [0.1, 0.15) is 0 Å². The molecular weight excluding hydrogens is 235 g/mol. The second-order valence-corrected chi connectivity index (χ2v) is 3.59. The molecule has 1 unspecified atom stereocenters. The molecule has 0 saturated carbocycles. The Morgan fingerprint density at radius 3 is 2.31 bits per heavy atom. The molecule has 1 saturated heterocycles. The summed E-state index contributed by atoms with van der Waals surface area (Å²) in [4.78, 5) is 10.8. The molecule has 1 heterocycles. The normalized spacial score (nSPS) is 22.9. The number of halogens is 5. The number of rotatable bonds is 2. The lowest BCUT2D eigenvalue weighted by Gasteiger charge is -2.26. The predicted molar refractivity (Wildman–Crippen MR) is 45.0 cm³/mol. The van der Waals surface area contributed by atoms with Crippen molar-refractivity contribution in [2.75, 3.05) is 13.1 Å². The van der Waals surface area contributed by atoms with Crippen molar-refractivity contribution in [1.29, 1.82) is 0 Å². The van der Waals surface area contributed by atoms with Crippen LogP contribution in [0.4, 0.5) is 22.0 Å². The van der Waals surface area contributed by atoms with E-state index in [0.29, 0.717) is 19.4 Å². The maximum absolute atomic E-state index is 12.5. The van der Waals surface area contributed by atoms with Crippen molar-refractivity contribution >= 4 is 5.91 Å². The Kier molecular flexibility index (Phi) is 3.72. The van der Waals surface area contributed by atoms with E-state index in [1.807, 2.05) is 0 Å². The second kappa shape index (κ2) is 4.52. The third-order valence-electron chi connectivity index (χ3n) is 2.27. The van der Waals surface area contributed by atoms with Gasteiger partial charge in [0.25, 0.3) is 0 Å². The molecular formula is C8H11F5N2O. The number of hydrogen-bond acceptors (Lipinski definition) is 2. The van der Waals surface area contributed by atoms with Crippen molar-refractivity contribution in [1.82, 2.24) is 10.6 Å². The molecule has 1 rings (SSSR count). The first kappa shape index (κ1) is 13.1. The molecule has 0 radical (unpaired) electrons. The average molecular weight is 246 g/mol. The first-order valence-electron chi connectivity index (χ1n) is 4.71. The first-order valence-corrected chi connectivity index (χ1v) is 4.71. The summed E-state index contributed by atoms with van der Waals surface area (Å²) in [5.74, 6) is -7.61. The van der Waals surface area contributed by atoms with Crippen molar-refractivity contribution < 1.29 is 26.7 Å². The van der Waals surface area contributed by atoms with Crippen LogP contribution in [0.5, 0.6) is 0 Å². The highest BCUT2D eigenvalue weighted by Crippen LogP contribution is 2.35. The highest BCUT2D eigenvalue weighted by Gasteiger charge is 2.63. The van der Waals surface area contributed by atoms with Crippen LogP contribution >= 0.6 is 0 Å². The van der Waals surface area contributed by atoms with Crippen LogP contribution in [0.15, 0.2) is 0 Å². The number of nitrogens with one attached hydrogen (secondary N) is 2. The lowest BCUT2D eigenvalue weighted by Crippen LogP contribution is -2.55. The van der Waals surface area contributed by atoms with Gasteiger partial charge in [-0.25, -0.2) is 0 Å². The van der Waals surface area contributed by atoms with Crippen LogP contribution in [0, 0.1) is 0 Å². The van der Waals surface area contributed by atoms with Crippen LogP contribution < -0.4 is 10.6 Å². The SMILES string of the molecule is O=C(NC1CCCNC1)C(F)(F)C(F)(F)F. The minimum atomic E-state index is -5.85. The molecule has 3 nitrogen and oxygen atoms in total. The summed E-state index contributed by atoms with van der Waals surface area (Å²) in [6.07, 6.45) is -4.83. The Morgan fingerprint density at radius 1 is 1.25 bits per heavy atom. The van der Waals surface area contributed by atoms with E-state index in [9.17, 15) is 26.7 Å². The topological polar surface area (TPSA) is 41.1 Å². The summed E-state index contributed by atoms with van der Waals surface area (Å²) in [7, 11) is 0. The molecule has 1 amide bonds. The van der Waals surface area contributed by atoms with Gasteiger partial charge in [-0.2, -0.15) is 22.0 Å². The molecule has 1 atom stereocenters. The molecule has 8 heteroatoms. The summed E-state index contributed by atoms with van der Waals surface area (Å²) >= 11 is 0. The Balaban J connectivity index is 2.57. The van der Waals surface area contributed by atoms with Crippen molar-refractivity contribution in [3.63, 3.8) is 0 Å². The molecule has 1 aliphatic rings. The summed E-state index contributed by atoms with van der Waals surface area (Å²) in [5.41, 5.74) is 0. The molecule has 0 aliphatic carbocycles. The van der Waals surface area contributed by atoms with Gasteiger partial charge in [0.2, 0.25) is 0 Å². The van der Waals surface area contributed by atoms with E-state index in [1.54, 1.807) is 5.32 Å². The molecule has 2 N–H and O–H groups in total.